The van der Waals surface area contributed by atoms with Crippen molar-refractivity contribution in [3.8, 4) is 0 Å². The third-order valence-corrected chi connectivity index (χ3v) is 5.66. The second kappa shape index (κ2) is 9.14. The minimum atomic E-state index is 0.110. The standard InChI is InChI=1S/C24H29N3O2/c1-25-20-10-11-21-22(24(28)26-13-15-29-16-14-26)18-27(23(21)17-20)12-6-5-9-19-7-3-2-4-8-19/h2-4,7-8,10-11,17-18,25H,5-6,9,12-16H2,1H3. The van der Waals surface area contributed by atoms with Gasteiger partial charge in [-0.2, -0.15) is 0 Å². The molecule has 2 heterocycles. The molecule has 2 aromatic carbocycles. The molecule has 5 heteroatoms. The maximum Gasteiger partial charge on any atom is 0.256 e. The number of fused-ring (bicyclic) bond motifs is 1. The fourth-order valence-electron chi connectivity index (χ4n) is 4.00. The highest BCUT2D eigenvalue weighted by atomic mass is 16.5. The normalized spacial score (nSPS) is 14.3. The second-order valence-corrected chi connectivity index (χ2v) is 7.57. The van der Waals surface area contributed by atoms with E-state index in [1.165, 1.54) is 5.56 Å². The summed E-state index contributed by atoms with van der Waals surface area (Å²) in [5.74, 6) is 0.110. The lowest BCUT2D eigenvalue weighted by atomic mass is 10.1. The average molecular weight is 392 g/mol. The summed E-state index contributed by atoms with van der Waals surface area (Å²) < 4.78 is 7.65. The van der Waals surface area contributed by atoms with Gasteiger partial charge >= 0.3 is 0 Å². The zero-order valence-electron chi connectivity index (χ0n) is 17.1. The Balaban J connectivity index is 1.53. The highest BCUT2D eigenvalue weighted by Crippen LogP contribution is 2.27. The van der Waals surface area contributed by atoms with Crippen molar-refractivity contribution in [1.82, 2.24) is 9.47 Å². The topological polar surface area (TPSA) is 46.5 Å². The van der Waals surface area contributed by atoms with Crippen molar-refractivity contribution in [2.75, 3.05) is 38.7 Å². The van der Waals surface area contributed by atoms with Crippen LogP contribution < -0.4 is 5.32 Å². The maximum atomic E-state index is 13.1. The molecule has 1 aromatic heterocycles. The molecular weight excluding hydrogens is 362 g/mol. The molecule has 0 atom stereocenters. The molecule has 152 valence electrons. The van der Waals surface area contributed by atoms with Crippen LogP contribution in [0, 0.1) is 0 Å². The first-order valence-corrected chi connectivity index (χ1v) is 10.5. The van der Waals surface area contributed by atoms with Crippen LogP contribution in [0.15, 0.2) is 54.7 Å². The summed E-state index contributed by atoms with van der Waals surface area (Å²) in [4.78, 5) is 15.0. The number of morpholine rings is 1. The van der Waals surface area contributed by atoms with E-state index in [4.69, 9.17) is 4.74 Å². The number of anilines is 1. The molecule has 1 fully saturated rings. The van der Waals surface area contributed by atoms with Crippen LogP contribution in [0.1, 0.15) is 28.8 Å². The molecule has 0 bridgehead atoms. The smallest absolute Gasteiger partial charge is 0.256 e. The number of aryl methyl sites for hydroxylation is 2. The number of amides is 1. The summed E-state index contributed by atoms with van der Waals surface area (Å²) >= 11 is 0. The van der Waals surface area contributed by atoms with Gasteiger partial charge in [-0.05, 0) is 43.0 Å². The van der Waals surface area contributed by atoms with Gasteiger partial charge in [0.1, 0.15) is 0 Å². The van der Waals surface area contributed by atoms with Gasteiger partial charge in [-0.25, -0.2) is 0 Å². The molecule has 1 aliphatic rings. The number of unbranched alkanes of at least 4 members (excludes halogenated alkanes) is 1. The highest BCUT2D eigenvalue weighted by Gasteiger charge is 2.22. The van der Waals surface area contributed by atoms with Gasteiger partial charge in [0.15, 0.2) is 0 Å². The summed E-state index contributed by atoms with van der Waals surface area (Å²) in [6.07, 6.45) is 5.33. The number of nitrogens with zero attached hydrogens (tertiary/aromatic N) is 2. The number of hydrogen-bond acceptors (Lipinski definition) is 3. The van der Waals surface area contributed by atoms with Crippen LogP contribution in [0.5, 0.6) is 0 Å². The third-order valence-electron chi connectivity index (χ3n) is 5.66. The van der Waals surface area contributed by atoms with E-state index >= 15 is 0 Å². The Labute approximate surface area is 172 Å². The monoisotopic (exact) mass is 391 g/mol. The fourth-order valence-corrected chi connectivity index (χ4v) is 4.00. The summed E-state index contributed by atoms with van der Waals surface area (Å²) in [5, 5.41) is 4.24. The van der Waals surface area contributed by atoms with Crippen LogP contribution >= 0.6 is 0 Å². The van der Waals surface area contributed by atoms with E-state index in [-0.39, 0.29) is 5.91 Å². The summed E-state index contributed by atoms with van der Waals surface area (Å²) in [6.45, 7) is 3.47. The Hall–Kier alpha value is -2.79. The Bertz CT molecular complexity index is 959. The van der Waals surface area contributed by atoms with Gasteiger partial charge < -0.3 is 19.5 Å². The Kier molecular flexibility index (Phi) is 6.15. The first kappa shape index (κ1) is 19.5. The minimum Gasteiger partial charge on any atom is -0.388 e. The number of rotatable bonds is 7. The molecule has 0 spiro atoms. The highest BCUT2D eigenvalue weighted by molar-refractivity contribution is 6.07. The fraction of sp³-hybridized carbons (Fsp3) is 0.375. The molecule has 0 radical (unpaired) electrons. The van der Waals surface area contributed by atoms with Gasteiger partial charge in [0, 0.05) is 44.0 Å². The van der Waals surface area contributed by atoms with Crippen LogP contribution in [0.3, 0.4) is 0 Å². The first-order chi connectivity index (χ1) is 14.3. The summed E-state index contributed by atoms with van der Waals surface area (Å²) in [7, 11) is 1.92. The van der Waals surface area contributed by atoms with Crippen LogP contribution in [-0.2, 0) is 17.7 Å². The quantitative estimate of drug-likeness (QED) is 0.615. The van der Waals surface area contributed by atoms with Crippen molar-refractivity contribution in [3.05, 3.63) is 65.9 Å². The molecule has 1 aliphatic heterocycles. The summed E-state index contributed by atoms with van der Waals surface area (Å²) in [5.41, 5.74) is 4.36. The molecule has 1 N–H and O–H groups in total. The number of carbonyl (C=O) groups excluding carboxylic acids is 1. The van der Waals surface area contributed by atoms with Gasteiger partial charge in [0.2, 0.25) is 0 Å². The number of benzene rings is 2. The van der Waals surface area contributed by atoms with Crippen molar-refractivity contribution < 1.29 is 9.53 Å². The van der Waals surface area contributed by atoms with E-state index in [0.29, 0.717) is 26.3 Å². The van der Waals surface area contributed by atoms with Gasteiger partial charge in [0.05, 0.1) is 24.3 Å². The Morgan fingerprint density at radius 1 is 1.07 bits per heavy atom. The van der Waals surface area contributed by atoms with Crippen molar-refractivity contribution in [1.29, 1.82) is 0 Å². The van der Waals surface area contributed by atoms with E-state index in [1.54, 1.807) is 0 Å². The van der Waals surface area contributed by atoms with Crippen LogP contribution in [0.2, 0.25) is 0 Å². The zero-order chi connectivity index (χ0) is 20.1. The Morgan fingerprint density at radius 2 is 1.86 bits per heavy atom. The molecule has 3 aromatic rings. The Morgan fingerprint density at radius 3 is 2.62 bits per heavy atom. The minimum absolute atomic E-state index is 0.110. The van der Waals surface area contributed by atoms with Crippen molar-refractivity contribution in [3.63, 3.8) is 0 Å². The molecule has 4 rings (SSSR count). The lowest BCUT2D eigenvalue weighted by Gasteiger charge is -2.26. The molecule has 1 amide bonds. The molecule has 5 nitrogen and oxygen atoms in total. The lowest BCUT2D eigenvalue weighted by Crippen LogP contribution is -2.40. The van der Waals surface area contributed by atoms with E-state index in [2.05, 4.69) is 52.3 Å². The molecule has 29 heavy (non-hydrogen) atoms. The molecule has 0 unspecified atom stereocenters. The first-order valence-electron chi connectivity index (χ1n) is 10.5. The average Bonchev–Trinajstić information content (AvgIpc) is 3.15. The third kappa shape index (κ3) is 4.46. The second-order valence-electron chi connectivity index (χ2n) is 7.57. The lowest BCUT2D eigenvalue weighted by molar-refractivity contribution is 0.0304. The van der Waals surface area contributed by atoms with Crippen molar-refractivity contribution in [2.45, 2.75) is 25.8 Å². The van der Waals surface area contributed by atoms with Crippen LogP contribution in [-0.4, -0.2) is 48.7 Å². The SMILES string of the molecule is CNc1ccc2c(C(=O)N3CCOCC3)cn(CCCCc3ccccc3)c2c1. The van der Waals surface area contributed by atoms with Crippen LogP contribution in [0.25, 0.3) is 10.9 Å². The predicted molar refractivity (Wildman–Crippen MR) is 118 cm³/mol. The number of hydrogen-bond donors (Lipinski definition) is 1. The molecule has 0 saturated carbocycles. The van der Waals surface area contributed by atoms with Gasteiger partial charge in [-0.15, -0.1) is 0 Å². The van der Waals surface area contributed by atoms with E-state index in [1.807, 2.05) is 24.2 Å². The number of nitrogens with one attached hydrogen (secondary N) is 1. The van der Waals surface area contributed by atoms with Gasteiger partial charge in [-0.3, -0.25) is 4.79 Å². The number of carbonyl (C=O) groups is 1. The van der Waals surface area contributed by atoms with E-state index in [9.17, 15) is 4.79 Å². The van der Waals surface area contributed by atoms with Gasteiger partial charge in [0.25, 0.3) is 5.91 Å². The molecular formula is C24H29N3O2. The number of ether oxygens (including phenoxy) is 1. The van der Waals surface area contributed by atoms with E-state index < -0.39 is 0 Å². The van der Waals surface area contributed by atoms with Crippen molar-refractivity contribution >= 4 is 22.5 Å². The maximum absolute atomic E-state index is 13.1. The zero-order valence-corrected chi connectivity index (χ0v) is 17.1. The van der Waals surface area contributed by atoms with Crippen molar-refractivity contribution in [2.24, 2.45) is 0 Å². The molecule has 1 saturated heterocycles. The van der Waals surface area contributed by atoms with Gasteiger partial charge in [-0.1, -0.05) is 30.3 Å². The predicted octanol–water partition coefficient (Wildman–Crippen LogP) is 4.18. The summed E-state index contributed by atoms with van der Waals surface area (Å²) in [6, 6.07) is 16.9. The number of aromatic nitrogens is 1. The molecule has 0 aliphatic carbocycles. The van der Waals surface area contributed by atoms with Crippen LogP contribution in [0.4, 0.5) is 5.69 Å². The van der Waals surface area contributed by atoms with E-state index in [0.717, 1.165) is 48.0 Å². The largest absolute Gasteiger partial charge is 0.388 e.